The highest BCUT2D eigenvalue weighted by molar-refractivity contribution is 6.18. The second kappa shape index (κ2) is 4.44. The number of carbonyl (C=O) groups is 1. The molecule has 0 aromatic carbocycles. The van der Waals surface area contributed by atoms with E-state index in [1.807, 2.05) is 20.8 Å². The third kappa shape index (κ3) is 3.55. The maximum absolute atomic E-state index is 12.0. The molecule has 1 rings (SSSR count). The average Bonchev–Trinajstić information content (AvgIpc) is 2.38. The second-order valence-corrected chi connectivity index (χ2v) is 6.59. The lowest BCUT2D eigenvalue weighted by Gasteiger charge is -2.28. The topological polar surface area (TPSA) is 29.5 Å². The largest absolute Gasteiger partial charge is 0.444 e. The van der Waals surface area contributed by atoms with Gasteiger partial charge in [-0.25, -0.2) is 4.79 Å². The predicted octanol–water partition coefficient (Wildman–Crippen LogP) is 3.26. The van der Waals surface area contributed by atoms with Crippen LogP contribution in [0.5, 0.6) is 0 Å². The fourth-order valence-corrected chi connectivity index (χ4v) is 2.35. The molecule has 16 heavy (non-hydrogen) atoms. The summed E-state index contributed by atoms with van der Waals surface area (Å²) in [5.41, 5.74) is -0.308. The molecular formula is C12H22ClNO2. The van der Waals surface area contributed by atoms with Crippen molar-refractivity contribution in [1.82, 2.24) is 4.90 Å². The maximum Gasteiger partial charge on any atom is 0.410 e. The Kier molecular flexibility index (Phi) is 3.78. The van der Waals surface area contributed by atoms with E-state index in [1.165, 1.54) is 0 Å². The Hall–Kier alpha value is -0.440. The smallest absolute Gasteiger partial charge is 0.410 e. The number of hydrogen-bond acceptors (Lipinski definition) is 2. The van der Waals surface area contributed by atoms with Gasteiger partial charge in [0.1, 0.15) is 5.60 Å². The van der Waals surface area contributed by atoms with Gasteiger partial charge in [0.25, 0.3) is 0 Å². The first kappa shape index (κ1) is 13.6. The third-order valence-corrected chi connectivity index (χ3v) is 2.99. The first-order valence-corrected chi connectivity index (χ1v) is 6.24. The van der Waals surface area contributed by atoms with Gasteiger partial charge in [0.05, 0.1) is 0 Å². The van der Waals surface area contributed by atoms with Crippen LogP contribution in [0.3, 0.4) is 0 Å². The van der Waals surface area contributed by atoms with Crippen LogP contribution in [0.15, 0.2) is 0 Å². The van der Waals surface area contributed by atoms with E-state index in [9.17, 15) is 4.79 Å². The maximum atomic E-state index is 12.0. The second-order valence-electron chi connectivity index (χ2n) is 6.28. The molecule has 0 saturated carbocycles. The summed E-state index contributed by atoms with van der Waals surface area (Å²) >= 11 is 5.90. The van der Waals surface area contributed by atoms with E-state index < -0.39 is 5.60 Å². The van der Waals surface area contributed by atoms with Crippen LogP contribution in [0.4, 0.5) is 4.79 Å². The van der Waals surface area contributed by atoms with Crippen molar-refractivity contribution < 1.29 is 9.53 Å². The fourth-order valence-electron chi connectivity index (χ4n) is 2.07. The summed E-state index contributed by atoms with van der Waals surface area (Å²) in [6.45, 7) is 10.7. The van der Waals surface area contributed by atoms with Crippen molar-refractivity contribution in [3.63, 3.8) is 0 Å². The molecule has 0 bridgehead atoms. The first-order valence-electron chi connectivity index (χ1n) is 5.70. The zero-order chi connectivity index (χ0) is 12.6. The van der Waals surface area contributed by atoms with E-state index in [0.29, 0.717) is 5.88 Å². The summed E-state index contributed by atoms with van der Waals surface area (Å²) < 4.78 is 5.38. The molecule has 0 aromatic heterocycles. The summed E-state index contributed by atoms with van der Waals surface area (Å²) in [7, 11) is 0. The average molecular weight is 248 g/mol. The monoisotopic (exact) mass is 247 g/mol. The van der Waals surface area contributed by atoms with Gasteiger partial charge in [-0.3, -0.25) is 0 Å². The Morgan fingerprint density at radius 2 is 2.06 bits per heavy atom. The zero-order valence-corrected chi connectivity index (χ0v) is 11.6. The highest BCUT2D eigenvalue weighted by atomic mass is 35.5. The minimum absolute atomic E-state index is 0.103. The van der Waals surface area contributed by atoms with Gasteiger partial charge in [-0.15, -0.1) is 11.6 Å². The van der Waals surface area contributed by atoms with Gasteiger partial charge in [-0.1, -0.05) is 13.8 Å². The normalized spacial score (nSPS) is 24.6. The standard InChI is InChI=1S/C12H22ClNO2/c1-11(2,3)16-10(15)14-8-12(4,5)6-9(14)7-13/h9H,6-8H2,1-5H3. The number of amides is 1. The number of alkyl halides is 1. The first-order chi connectivity index (χ1) is 7.14. The van der Waals surface area contributed by atoms with Gasteiger partial charge in [0.15, 0.2) is 0 Å². The van der Waals surface area contributed by atoms with Crippen molar-refractivity contribution in [3.05, 3.63) is 0 Å². The summed E-state index contributed by atoms with van der Waals surface area (Å²) in [5.74, 6) is 0.475. The van der Waals surface area contributed by atoms with Crippen molar-refractivity contribution in [3.8, 4) is 0 Å². The van der Waals surface area contributed by atoms with Crippen molar-refractivity contribution >= 4 is 17.7 Å². The number of hydrogen-bond donors (Lipinski definition) is 0. The molecule has 0 spiro atoms. The molecule has 1 heterocycles. The molecule has 0 N–H and O–H groups in total. The Morgan fingerprint density at radius 1 is 1.50 bits per heavy atom. The van der Waals surface area contributed by atoms with Gasteiger partial charge in [-0.05, 0) is 32.6 Å². The van der Waals surface area contributed by atoms with E-state index >= 15 is 0 Å². The van der Waals surface area contributed by atoms with Gasteiger partial charge in [0.2, 0.25) is 0 Å². The van der Waals surface area contributed by atoms with Gasteiger partial charge in [0, 0.05) is 18.5 Å². The quantitative estimate of drug-likeness (QED) is 0.666. The Morgan fingerprint density at radius 3 is 2.50 bits per heavy atom. The van der Waals surface area contributed by atoms with Crippen molar-refractivity contribution in [2.75, 3.05) is 12.4 Å². The Bertz CT molecular complexity index is 271. The fraction of sp³-hybridized carbons (Fsp3) is 0.917. The molecule has 3 nitrogen and oxygen atoms in total. The Balaban J connectivity index is 2.69. The summed E-state index contributed by atoms with van der Waals surface area (Å²) in [5, 5.41) is 0. The van der Waals surface area contributed by atoms with E-state index in [-0.39, 0.29) is 17.6 Å². The number of halogens is 1. The molecule has 4 heteroatoms. The summed E-state index contributed by atoms with van der Waals surface area (Å²) in [4.78, 5) is 13.7. The molecule has 94 valence electrons. The summed E-state index contributed by atoms with van der Waals surface area (Å²) in [6, 6.07) is 0.103. The molecule has 0 aromatic rings. The Labute approximate surface area is 103 Å². The van der Waals surface area contributed by atoms with Crippen molar-refractivity contribution in [1.29, 1.82) is 0 Å². The molecule has 1 fully saturated rings. The predicted molar refractivity (Wildman–Crippen MR) is 65.8 cm³/mol. The molecule has 1 saturated heterocycles. The van der Waals surface area contributed by atoms with E-state index in [0.717, 1.165) is 13.0 Å². The van der Waals surface area contributed by atoms with Crippen LogP contribution >= 0.6 is 11.6 Å². The number of ether oxygens (including phenoxy) is 1. The third-order valence-electron chi connectivity index (χ3n) is 2.63. The number of rotatable bonds is 1. The van der Waals surface area contributed by atoms with E-state index in [2.05, 4.69) is 13.8 Å². The lowest BCUT2D eigenvalue weighted by Crippen LogP contribution is -2.41. The van der Waals surface area contributed by atoms with Crippen molar-refractivity contribution in [2.24, 2.45) is 5.41 Å². The summed E-state index contributed by atoms with van der Waals surface area (Å²) in [6.07, 6.45) is 0.694. The van der Waals surface area contributed by atoms with Crippen LogP contribution in [0.1, 0.15) is 41.0 Å². The minimum Gasteiger partial charge on any atom is -0.444 e. The zero-order valence-electron chi connectivity index (χ0n) is 10.8. The molecular weight excluding hydrogens is 226 g/mol. The highest BCUT2D eigenvalue weighted by Gasteiger charge is 2.41. The van der Waals surface area contributed by atoms with Crippen LogP contribution in [0.2, 0.25) is 0 Å². The van der Waals surface area contributed by atoms with E-state index in [4.69, 9.17) is 16.3 Å². The number of carbonyl (C=O) groups excluding carboxylic acids is 1. The molecule has 1 atom stereocenters. The molecule has 0 radical (unpaired) electrons. The van der Waals surface area contributed by atoms with Crippen LogP contribution in [-0.4, -0.2) is 35.1 Å². The van der Waals surface area contributed by atoms with Crippen LogP contribution in [0.25, 0.3) is 0 Å². The van der Waals surface area contributed by atoms with Crippen LogP contribution in [-0.2, 0) is 4.74 Å². The molecule has 1 aliphatic heterocycles. The molecule has 0 aliphatic carbocycles. The van der Waals surface area contributed by atoms with Crippen LogP contribution in [0, 0.1) is 5.41 Å². The van der Waals surface area contributed by atoms with Crippen molar-refractivity contribution in [2.45, 2.75) is 52.7 Å². The lowest BCUT2D eigenvalue weighted by molar-refractivity contribution is 0.0228. The van der Waals surface area contributed by atoms with Gasteiger partial charge < -0.3 is 9.64 Å². The lowest BCUT2D eigenvalue weighted by atomic mass is 9.91. The number of nitrogens with zero attached hydrogens (tertiary/aromatic N) is 1. The van der Waals surface area contributed by atoms with E-state index in [1.54, 1.807) is 4.90 Å². The SMILES string of the molecule is CC1(C)CC(CCl)N(C(=O)OC(C)(C)C)C1. The molecule has 1 unspecified atom stereocenters. The highest BCUT2D eigenvalue weighted by Crippen LogP contribution is 2.35. The molecule has 1 amide bonds. The van der Waals surface area contributed by atoms with Gasteiger partial charge in [-0.2, -0.15) is 0 Å². The minimum atomic E-state index is -0.444. The van der Waals surface area contributed by atoms with Crippen LogP contribution < -0.4 is 0 Å². The molecule has 1 aliphatic rings. The number of likely N-dealkylation sites (tertiary alicyclic amines) is 1. The van der Waals surface area contributed by atoms with Gasteiger partial charge >= 0.3 is 6.09 Å².